The Morgan fingerprint density at radius 1 is 1.39 bits per heavy atom. The van der Waals surface area contributed by atoms with E-state index in [1.54, 1.807) is 33.8 Å². The van der Waals surface area contributed by atoms with Crippen molar-refractivity contribution < 1.29 is 33.6 Å². The average molecular weight is 498 g/mol. The SMILES string of the molecule is C=C1C(=O)O[C@@H]2/C=C(\C)[C@@]3(OCC(Cl)(Cl)Cl)CC(O)[C@@](C)(CC(OC(=O)C(C)C)[C@@H]12)O3. The van der Waals surface area contributed by atoms with Gasteiger partial charge in [0.25, 0.3) is 0 Å². The van der Waals surface area contributed by atoms with E-state index < -0.39 is 51.3 Å². The van der Waals surface area contributed by atoms with Crippen molar-refractivity contribution in [3.8, 4) is 0 Å². The fourth-order valence-corrected chi connectivity index (χ4v) is 4.42. The van der Waals surface area contributed by atoms with E-state index in [1.807, 2.05) is 0 Å². The van der Waals surface area contributed by atoms with Crippen LogP contribution in [0, 0.1) is 11.8 Å². The minimum Gasteiger partial charge on any atom is -0.461 e. The van der Waals surface area contributed by atoms with Gasteiger partial charge in [0, 0.05) is 18.4 Å². The molecular formula is C21H27Cl3O7. The molecule has 0 spiro atoms. The molecule has 6 atom stereocenters. The number of halogens is 3. The monoisotopic (exact) mass is 496 g/mol. The average Bonchev–Trinajstić information content (AvgIpc) is 3.06. The summed E-state index contributed by atoms with van der Waals surface area (Å²) >= 11 is 17.6. The number of aliphatic hydroxyl groups excluding tert-OH is 1. The van der Waals surface area contributed by atoms with Gasteiger partial charge in [0.15, 0.2) is 5.79 Å². The maximum absolute atomic E-state index is 12.4. The Morgan fingerprint density at radius 3 is 2.61 bits per heavy atom. The largest absolute Gasteiger partial charge is 0.461 e. The first-order chi connectivity index (χ1) is 14.2. The standard InChI is InChI=1S/C21H27Cl3O7/c1-10(2)17(26)30-14-7-19(5)15(25)8-20(31-19,28-9-21(22,23)24)11(3)6-13-16(14)12(4)18(27)29-13/h6,10,13-16,25H,4,7-9H2,1-3,5H3/b11-6+/t13-,14?,15?,16+,19-,20-/m1/s1. The molecule has 2 saturated heterocycles. The van der Waals surface area contributed by atoms with Crippen molar-refractivity contribution in [2.45, 2.75) is 74.0 Å². The second-order valence-corrected chi connectivity index (χ2v) is 11.4. The molecule has 1 N–H and O–H groups in total. The van der Waals surface area contributed by atoms with Gasteiger partial charge in [-0.2, -0.15) is 0 Å². The Labute approximate surface area is 196 Å². The summed E-state index contributed by atoms with van der Waals surface area (Å²) in [6.45, 7) is 10.4. The van der Waals surface area contributed by atoms with Crippen LogP contribution in [0.25, 0.3) is 0 Å². The zero-order valence-corrected chi connectivity index (χ0v) is 20.1. The number of hydrogen-bond acceptors (Lipinski definition) is 7. The van der Waals surface area contributed by atoms with Gasteiger partial charge in [-0.3, -0.25) is 4.79 Å². The Kier molecular flexibility index (Phi) is 6.81. The van der Waals surface area contributed by atoms with Gasteiger partial charge in [-0.1, -0.05) is 55.2 Å². The van der Waals surface area contributed by atoms with Crippen LogP contribution >= 0.6 is 34.8 Å². The third kappa shape index (κ3) is 4.92. The number of ether oxygens (including phenoxy) is 4. The molecule has 3 aliphatic heterocycles. The summed E-state index contributed by atoms with van der Waals surface area (Å²) < 4.78 is 21.8. The molecule has 0 aromatic rings. The lowest BCUT2D eigenvalue weighted by atomic mass is 9.80. The molecule has 31 heavy (non-hydrogen) atoms. The molecule has 0 aromatic heterocycles. The third-order valence-corrected chi connectivity index (χ3v) is 6.38. The Hall–Kier alpha value is -0.830. The molecule has 3 rings (SSSR count). The number of aliphatic hydroxyl groups is 1. The van der Waals surface area contributed by atoms with Gasteiger partial charge < -0.3 is 24.1 Å². The van der Waals surface area contributed by atoms with Crippen molar-refractivity contribution in [1.29, 1.82) is 0 Å². The Balaban J connectivity index is 2.06. The highest BCUT2D eigenvalue weighted by Gasteiger charge is 2.59. The van der Waals surface area contributed by atoms with Gasteiger partial charge in [-0.25, -0.2) is 4.79 Å². The van der Waals surface area contributed by atoms with Crippen LogP contribution < -0.4 is 0 Å². The number of fused-ring (bicyclic) bond motifs is 3. The van der Waals surface area contributed by atoms with Crippen LogP contribution in [0.1, 0.15) is 40.5 Å². The summed E-state index contributed by atoms with van der Waals surface area (Å²) in [7, 11) is 0. The van der Waals surface area contributed by atoms with E-state index in [1.165, 1.54) is 0 Å². The molecule has 2 bridgehead atoms. The molecule has 7 nitrogen and oxygen atoms in total. The highest BCUT2D eigenvalue weighted by Crippen LogP contribution is 2.50. The predicted molar refractivity (Wildman–Crippen MR) is 115 cm³/mol. The van der Waals surface area contributed by atoms with Crippen LogP contribution in [0.2, 0.25) is 0 Å². The van der Waals surface area contributed by atoms with E-state index in [4.69, 9.17) is 53.8 Å². The lowest BCUT2D eigenvalue weighted by Crippen LogP contribution is -2.45. The van der Waals surface area contributed by atoms with Crippen LogP contribution in [0.5, 0.6) is 0 Å². The molecule has 0 aliphatic carbocycles. The molecule has 2 fully saturated rings. The van der Waals surface area contributed by atoms with Crippen LogP contribution in [-0.2, 0) is 28.5 Å². The van der Waals surface area contributed by atoms with E-state index in [-0.39, 0.29) is 30.9 Å². The van der Waals surface area contributed by atoms with Gasteiger partial charge in [0.1, 0.15) is 12.2 Å². The van der Waals surface area contributed by atoms with E-state index in [9.17, 15) is 14.7 Å². The first-order valence-electron chi connectivity index (χ1n) is 10.1. The number of alkyl halides is 3. The Morgan fingerprint density at radius 2 is 2.03 bits per heavy atom. The first kappa shape index (κ1) is 24.8. The zero-order chi connectivity index (χ0) is 23.4. The van der Waals surface area contributed by atoms with E-state index >= 15 is 0 Å². The van der Waals surface area contributed by atoms with Crippen LogP contribution in [0.4, 0.5) is 0 Å². The number of carbonyl (C=O) groups is 2. The van der Waals surface area contributed by atoms with Crippen molar-refractivity contribution in [3.63, 3.8) is 0 Å². The van der Waals surface area contributed by atoms with Crippen molar-refractivity contribution in [3.05, 3.63) is 23.8 Å². The van der Waals surface area contributed by atoms with E-state index in [0.29, 0.717) is 5.57 Å². The number of esters is 2. The van der Waals surface area contributed by atoms with Crippen molar-refractivity contribution >= 4 is 46.7 Å². The third-order valence-electron chi connectivity index (χ3n) is 6.06. The second-order valence-electron chi connectivity index (χ2n) is 8.90. The summed E-state index contributed by atoms with van der Waals surface area (Å²) in [5.41, 5.74) is -0.439. The van der Waals surface area contributed by atoms with Gasteiger partial charge in [0.2, 0.25) is 3.79 Å². The lowest BCUT2D eigenvalue weighted by Gasteiger charge is -2.36. The predicted octanol–water partition coefficient (Wildman–Crippen LogP) is 3.63. The minimum atomic E-state index is -1.70. The number of rotatable bonds is 4. The smallest absolute Gasteiger partial charge is 0.334 e. The minimum absolute atomic E-state index is 0.0592. The van der Waals surface area contributed by atoms with Gasteiger partial charge in [-0.05, 0) is 25.5 Å². The van der Waals surface area contributed by atoms with Crippen molar-refractivity contribution in [1.82, 2.24) is 0 Å². The van der Waals surface area contributed by atoms with Crippen LogP contribution in [-0.4, -0.2) is 57.1 Å². The topological polar surface area (TPSA) is 91.3 Å². The van der Waals surface area contributed by atoms with Crippen LogP contribution in [0.15, 0.2) is 23.8 Å². The second kappa shape index (κ2) is 8.50. The molecule has 2 unspecified atom stereocenters. The molecule has 174 valence electrons. The maximum Gasteiger partial charge on any atom is 0.334 e. The summed E-state index contributed by atoms with van der Waals surface area (Å²) in [6, 6.07) is 0. The number of carbonyl (C=O) groups excluding carboxylic acids is 2. The molecule has 3 heterocycles. The summed E-state index contributed by atoms with van der Waals surface area (Å²) in [5.74, 6) is -3.44. The zero-order valence-electron chi connectivity index (χ0n) is 17.8. The molecule has 0 radical (unpaired) electrons. The van der Waals surface area contributed by atoms with E-state index in [0.717, 1.165) is 0 Å². The molecule has 3 aliphatic rings. The first-order valence-corrected chi connectivity index (χ1v) is 11.2. The Bertz CT molecular complexity index is 805. The fourth-order valence-electron chi connectivity index (χ4n) is 4.26. The molecule has 0 amide bonds. The van der Waals surface area contributed by atoms with E-state index in [2.05, 4.69) is 6.58 Å². The summed E-state index contributed by atoms with van der Waals surface area (Å²) in [5, 5.41) is 10.9. The molecule has 10 heteroatoms. The van der Waals surface area contributed by atoms with Crippen molar-refractivity contribution in [2.75, 3.05) is 6.61 Å². The molecule has 0 aromatic carbocycles. The summed E-state index contributed by atoms with van der Waals surface area (Å²) in [6.07, 6.45) is -0.729. The summed E-state index contributed by atoms with van der Waals surface area (Å²) in [4.78, 5) is 24.8. The molecule has 0 saturated carbocycles. The van der Waals surface area contributed by atoms with Crippen molar-refractivity contribution in [2.24, 2.45) is 11.8 Å². The van der Waals surface area contributed by atoms with Gasteiger partial charge >= 0.3 is 11.9 Å². The quantitative estimate of drug-likeness (QED) is 0.274. The fraction of sp³-hybridized carbons (Fsp3) is 0.714. The lowest BCUT2D eigenvalue weighted by molar-refractivity contribution is -0.234. The normalized spacial score (nSPS) is 39.8. The van der Waals surface area contributed by atoms with Gasteiger partial charge in [-0.15, -0.1) is 0 Å². The number of hydrogen-bond donors (Lipinski definition) is 1. The highest BCUT2D eigenvalue weighted by molar-refractivity contribution is 6.67. The highest BCUT2D eigenvalue weighted by atomic mass is 35.6. The maximum atomic E-state index is 12.4. The van der Waals surface area contributed by atoms with Gasteiger partial charge in [0.05, 0.1) is 30.1 Å². The molecular weight excluding hydrogens is 471 g/mol. The van der Waals surface area contributed by atoms with Crippen LogP contribution in [0.3, 0.4) is 0 Å².